The largest absolute Gasteiger partial charge is 0.455 e. The van der Waals surface area contributed by atoms with Crippen molar-refractivity contribution < 1.29 is 4.42 Å². The van der Waals surface area contributed by atoms with Crippen molar-refractivity contribution in [2.24, 2.45) is 0 Å². The number of benzene rings is 8. The van der Waals surface area contributed by atoms with Crippen LogP contribution in [-0.4, -0.2) is 15.0 Å². The summed E-state index contributed by atoms with van der Waals surface area (Å²) in [5.74, 6) is 1.94. The number of furan rings is 1. The predicted octanol–water partition coefficient (Wildman–Crippen LogP) is 12.9. The lowest BCUT2D eigenvalue weighted by molar-refractivity contribution is 0.674. The van der Waals surface area contributed by atoms with Crippen LogP contribution in [0.5, 0.6) is 0 Å². The molecule has 0 aliphatic rings. The van der Waals surface area contributed by atoms with Crippen molar-refractivity contribution in [1.29, 1.82) is 0 Å². The topological polar surface area (TPSA) is 51.8 Å². The van der Waals surface area contributed by atoms with E-state index in [1.54, 1.807) is 0 Å². The smallest absolute Gasteiger partial charge is 0.164 e. The van der Waals surface area contributed by atoms with Crippen LogP contribution in [0.4, 0.5) is 0 Å². The summed E-state index contributed by atoms with van der Waals surface area (Å²) in [6, 6.07) is 65.2. The second-order valence-electron chi connectivity index (χ2n) is 13.2. The Hall–Kier alpha value is -7.17. The van der Waals surface area contributed by atoms with Crippen LogP contribution in [-0.2, 0) is 0 Å². The van der Waals surface area contributed by atoms with Gasteiger partial charge in [-0.25, -0.2) is 15.0 Å². The molecule has 8 aromatic carbocycles. The highest BCUT2D eigenvalue weighted by atomic mass is 16.3. The van der Waals surface area contributed by atoms with E-state index in [0.29, 0.717) is 17.5 Å². The number of rotatable bonds is 6. The van der Waals surface area contributed by atoms with E-state index in [1.807, 2.05) is 66.7 Å². The van der Waals surface area contributed by atoms with E-state index < -0.39 is 0 Å². The van der Waals surface area contributed by atoms with Crippen LogP contribution >= 0.6 is 0 Å². The molecule has 248 valence electrons. The van der Waals surface area contributed by atoms with Crippen LogP contribution in [0.15, 0.2) is 192 Å². The van der Waals surface area contributed by atoms with Crippen LogP contribution in [0.25, 0.3) is 100 Å². The molecule has 0 atom stereocenters. The maximum Gasteiger partial charge on any atom is 0.164 e. The summed E-state index contributed by atoms with van der Waals surface area (Å²) < 4.78 is 6.73. The number of nitrogens with zero attached hydrogens (tertiary/aromatic N) is 3. The summed E-state index contributed by atoms with van der Waals surface area (Å²) >= 11 is 0. The van der Waals surface area contributed by atoms with Gasteiger partial charge in [-0.1, -0.05) is 176 Å². The van der Waals surface area contributed by atoms with E-state index in [-0.39, 0.29) is 0 Å². The molecule has 0 unspecified atom stereocenters. The molecular weight excluding hydrogens is 647 g/mol. The highest BCUT2D eigenvalue weighted by Crippen LogP contribution is 2.43. The molecule has 4 heteroatoms. The Morgan fingerprint density at radius 1 is 0.264 bits per heavy atom. The molecule has 0 spiro atoms. The van der Waals surface area contributed by atoms with Gasteiger partial charge in [-0.2, -0.15) is 0 Å². The lowest BCUT2D eigenvalue weighted by atomic mass is 9.93. The molecule has 4 nitrogen and oxygen atoms in total. The Morgan fingerprint density at radius 3 is 1.36 bits per heavy atom. The Morgan fingerprint density at radius 2 is 0.717 bits per heavy atom. The first-order chi connectivity index (χ1) is 26.3. The molecule has 0 bridgehead atoms. The molecule has 0 fully saturated rings. The molecule has 0 amide bonds. The normalized spacial score (nSPS) is 11.4. The summed E-state index contributed by atoms with van der Waals surface area (Å²) in [5.41, 5.74) is 11.5. The molecule has 10 aromatic rings. The van der Waals surface area contributed by atoms with Gasteiger partial charge in [0.2, 0.25) is 0 Å². The molecular formula is C49H31N3O. The minimum absolute atomic E-state index is 0.639. The zero-order chi connectivity index (χ0) is 35.1. The maximum absolute atomic E-state index is 6.73. The summed E-state index contributed by atoms with van der Waals surface area (Å²) in [4.78, 5) is 14.7. The van der Waals surface area contributed by atoms with Crippen molar-refractivity contribution in [2.45, 2.75) is 0 Å². The van der Waals surface area contributed by atoms with Crippen molar-refractivity contribution in [1.82, 2.24) is 15.0 Å². The standard InChI is InChI=1S/C49H31N3O/c1-4-14-33(15-5-1)39-24-13-25-42-44-31-43(40-22-10-11-23-41(40)46(44)53-45(39)42)38-21-12-20-37(30-38)32-26-28-36(29-27-32)49-51-47(34-16-6-2-7-17-34)50-48(52-49)35-18-8-3-9-19-35/h1-31H. The second-order valence-corrected chi connectivity index (χ2v) is 13.2. The fraction of sp³-hybridized carbons (Fsp3) is 0. The Labute approximate surface area is 306 Å². The fourth-order valence-corrected chi connectivity index (χ4v) is 7.32. The van der Waals surface area contributed by atoms with Gasteiger partial charge in [-0.05, 0) is 45.3 Å². The van der Waals surface area contributed by atoms with E-state index in [1.165, 1.54) is 5.56 Å². The number of fused-ring (bicyclic) bond motifs is 5. The third-order valence-electron chi connectivity index (χ3n) is 9.94. The van der Waals surface area contributed by atoms with Gasteiger partial charge in [0.25, 0.3) is 0 Å². The highest BCUT2D eigenvalue weighted by Gasteiger charge is 2.18. The van der Waals surface area contributed by atoms with Crippen molar-refractivity contribution in [3.63, 3.8) is 0 Å². The zero-order valence-electron chi connectivity index (χ0n) is 28.6. The molecule has 53 heavy (non-hydrogen) atoms. The number of hydrogen-bond donors (Lipinski definition) is 0. The third-order valence-corrected chi connectivity index (χ3v) is 9.94. The van der Waals surface area contributed by atoms with E-state index in [9.17, 15) is 0 Å². The fourth-order valence-electron chi connectivity index (χ4n) is 7.32. The lowest BCUT2D eigenvalue weighted by Gasteiger charge is -2.11. The zero-order valence-corrected chi connectivity index (χ0v) is 28.6. The lowest BCUT2D eigenvalue weighted by Crippen LogP contribution is -2.00. The average Bonchev–Trinajstić information content (AvgIpc) is 3.63. The van der Waals surface area contributed by atoms with Crippen LogP contribution in [0.3, 0.4) is 0 Å². The predicted molar refractivity (Wildman–Crippen MR) is 217 cm³/mol. The quantitative estimate of drug-likeness (QED) is 0.176. The van der Waals surface area contributed by atoms with Gasteiger partial charge in [0.15, 0.2) is 17.5 Å². The molecule has 2 heterocycles. The minimum Gasteiger partial charge on any atom is -0.455 e. The van der Waals surface area contributed by atoms with Gasteiger partial charge in [0.05, 0.1) is 0 Å². The second kappa shape index (κ2) is 12.9. The van der Waals surface area contributed by atoms with Crippen LogP contribution < -0.4 is 0 Å². The molecule has 0 radical (unpaired) electrons. The van der Waals surface area contributed by atoms with Crippen LogP contribution in [0.2, 0.25) is 0 Å². The summed E-state index contributed by atoms with van der Waals surface area (Å²) in [6.07, 6.45) is 0. The molecule has 2 aromatic heterocycles. The van der Waals surface area contributed by atoms with Crippen molar-refractivity contribution >= 4 is 32.7 Å². The Kier molecular flexibility index (Phi) is 7.43. The van der Waals surface area contributed by atoms with E-state index >= 15 is 0 Å². The van der Waals surface area contributed by atoms with Crippen molar-refractivity contribution in [3.05, 3.63) is 188 Å². The van der Waals surface area contributed by atoms with Crippen LogP contribution in [0.1, 0.15) is 0 Å². The Balaban J connectivity index is 1.05. The van der Waals surface area contributed by atoms with E-state index in [0.717, 1.165) is 77.2 Å². The molecule has 0 saturated heterocycles. The molecule has 0 N–H and O–H groups in total. The summed E-state index contributed by atoms with van der Waals surface area (Å²) in [7, 11) is 0. The summed E-state index contributed by atoms with van der Waals surface area (Å²) in [6.45, 7) is 0. The molecule has 0 aliphatic heterocycles. The van der Waals surface area contributed by atoms with Crippen molar-refractivity contribution in [3.8, 4) is 67.5 Å². The van der Waals surface area contributed by atoms with Gasteiger partial charge < -0.3 is 4.42 Å². The van der Waals surface area contributed by atoms with E-state index in [2.05, 4.69) is 121 Å². The van der Waals surface area contributed by atoms with Gasteiger partial charge >= 0.3 is 0 Å². The maximum atomic E-state index is 6.73. The number of aromatic nitrogens is 3. The summed E-state index contributed by atoms with van der Waals surface area (Å²) in [5, 5.41) is 4.49. The van der Waals surface area contributed by atoms with Gasteiger partial charge in [0, 0.05) is 38.4 Å². The molecule has 10 rings (SSSR count). The first-order valence-electron chi connectivity index (χ1n) is 17.8. The minimum atomic E-state index is 0.639. The van der Waals surface area contributed by atoms with Crippen LogP contribution in [0, 0.1) is 0 Å². The van der Waals surface area contributed by atoms with Gasteiger partial charge in [0.1, 0.15) is 11.2 Å². The van der Waals surface area contributed by atoms with Gasteiger partial charge in [-0.3, -0.25) is 0 Å². The SMILES string of the molecule is c1ccc(-c2nc(-c3ccccc3)nc(-c3ccc(-c4cccc(-c5cc6c7cccc(-c8ccccc8)c7oc6c6ccccc56)c4)cc3)n2)cc1. The monoisotopic (exact) mass is 677 g/mol. The molecule has 0 saturated carbocycles. The van der Waals surface area contributed by atoms with Gasteiger partial charge in [-0.15, -0.1) is 0 Å². The first kappa shape index (κ1) is 30.6. The third kappa shape index (κ3) is 5.54. The van der Waals surface area contributed by atoms with E-state index in [4.69, 9.17) is 19.4 Å². The molecule has 0 aliphatic carbocycles. The highest BCUT2D eigenvalue weighted by molar-refractivity contribution is 6.20. The first-order valence-corrected chi connectivity index (χ1v) is 17.8. The number of hydrogen-bond acceptors (Lipinski definition) is 4. The van der Waals surface area contributed by atoms with Crippen molar-refractivity contribution in [2.75, 3.05) is 0 Å². The average molecular weight is 678 g/mol. The Bertz CT molecular complexity index is 2860. The number of para-hydroxylation sites is 1.